The quantitative estimate of drug-likeness (QED) is 0.471. The summed E-state index contributed by atoms with van der Waals surface area (Å²) in [4.78, 5) is 12.9. The van der Waals surface area contributed by atoms with Crippen LogP contribution in [0.4, 0.5) is 0 Å². The molecule has 8 heteroatoms. The van der Waals surface area contributed by atoms with E-state index in [9.17, 15) is 18.5 Å². The zero-order valence-electron chi connectivity index (χ0n) is 19.8. The van der Waals surface area contributed by atoms with Gasteiger partial charge in [-0.3, -0.25) is 4.79 Å². The molecular formula is C25H32N4O3S. The van der Waals surface area contributed by atoms with E-state index in [4.69, 9.17) is 0 Å². The molecule has 3 rings (SSSR count). The van der Waals surface area contributed by atoms with Crippen molar-refractivity contribution in [2.45, 2.75) is 58.5 Å². The molecule has 0 atom stereocenters. The van der Waals surface area contributed by atoms with Crippen molar-refractivity contribution in [3.05, 3.63) is 58.4 Å². The van der Waals surface area contributed by atoms with Crippen LogP contribution < -0.4 is 5.32 Å². The van der Waals surface area contributed by atoms with Crippen LogP contribution in [-0.4, -0.2) is 36.3 Å². The van der Waals surface area contributed by atoms with E-state index >= 15 is 0 Å². The molecule has 1 aliphatic rings. The number of carbonyl (C=O) groups excluding carboxylic acids is 1. The molecule has 1 aromatic heterocycles. The SMILES string of the molecule is Cc1cc(/C=C(/C#N)C(=O)NCc2ccc(S(=O)(=O)N3CCCC3)cc2)c(C)n1CC(C)C. The second-order valence-corrected chi connectivity index (χ2v) is 10.9. The standard InChI is InChI=1S/C25H32N4O3S/c1-18(2)17-29-19(3)13-22(20(29)4)14-23(15-26)25(30)27-16-21-7-9-24(10-8-21)33(31,32)28-11-5-6-12-28/h7-10,13-14,18H,5-6,11-12,16-17H2,1-4H3,(H,27,30)/b23-14-. The van der Waals surface area contributed by atoms with Gasteiger partial charge in [0.05, 0.1) is 4.90 Å². The van der Waals surface area contributed by atoms with Crippen molar-refractivity contribution < 1.29 is 13.2 Å². The zero-order valence-corrected chi connectivity index (χ0v) is 20.6. The largest absolute Gasteiger partial charge is 0.348 e. The number of nitrogens with zero attached hydrogens (tertiary/aromatic N) is 3. The van der Waals surface area contributed by atoms with Gasteiger partial charge in [-0.1, -0.05) is 26.0 Å². The molecule has 1 saturated heterocycles. The van der Waals surface area contributed by atoms with Crippen LogP contribution in [0.15, 0.2) is 40.8 Å². The van der Waals surface area contributed by atoms with Crippen LogP contribution in [0.1, 0.15) is 49.2 Å². The lowest BCUT2D eigenvalue weighted by Crippen LogP contribution is -2.28. The lowest BCUT2D eigenvalue weighted by molar-refractivity contribution is -0.117. The fraction of sp³-hybridized carbons (Fsp3) is 0.440. The van der Waals surface area contributed by atoms with Crippen molar-refractivity contribution in [1.82, 2.24) is 14.2 Å². The predicted octanol–water partition coefficient (Wildman–Crippen LogP) is 3.77. The molecular weight excluding hydrogens is 436 g/mol. The summed E-state index contributed by atoms with van der Waals surface area (Å²) in [6, 6.07) is 10.5. The van der Waals surface area contributed by atoms with Gasteiger partial charge in [0, 0.05) is 37.6 Å². The minimum absolute atomic E-state index is 0.0352. The second kappa shape index (κ2) is 10.4. The number of nitrogens with one attached hydrogen (secondary N) is 1. The smallest absolute Gasteiger partial charge is 0.262 e. The average molecular weight is 469 g/mol. The first kappa shape index (κ1) is 24.7. The van der Waals surface area contributed by atoms with E-state index in [0.29, 0.717) is 19.0 Å². The predicted molar refractivity (Wildman–Crippen MR) is 129 cm³/mol. The highest BCUT2D eigenvalue weighted by atomic mass is 32.2. The number of aryl methyl sites for hydroxylation is 1. The molecule has 1 aromatic carbocycles. The Bertz CT molecular complexity index is 1180. The fourth-order valence-electron chi connectivity index (χ4n) is 4.06. The van der Waals surface area contributed by atoms with Gasteiger partial charge in [0.15, 0.2) is 0 Å². The van der Waals surface area contributed by atoms with E-state index in [0.717, 1.165) is 41.9 Å². The number of hydrogen-bond acceptors (Lipinski definition) is 4. The third kappa shape index (κ3) is 5.73. The Morgan fingerprint density at radius 1 is 1.18 bits per heavy atom. The third-order valence-corrected chi connectivity index (χ3v) is 7.82. The number of sulfonamides is 1. The van der Waals surface area contributed by atoms with Crippen molar-refractivity contribution in [1.29, 1.82) is 5.26 Å². The van der Waals surface area contributed by atoms with Crippen molar-refractivity contribution >= 4 is 22.0 Å². The van der Waals surface area contributed by atoms with E-state index in [1.165, 1.54) is 4.31 Å². The van der Waals surface area contributed by atoms with Gasteiger partial charge in [-0.25, -0.2) is 8.42 Å². The molecule has 0 bridgehead atoms. The Balaban J connectivity index is 1.68. The Morgan fingerprint density at radius 3 is 2.39 bits per heavy atom. The number of carbonyl (C=O) groups is 1. The van der Waals surface area contributed by atoms with E-state index in [2.05, 4.69) is 23.7 Å². The van der Waals surface area contributed by atoms with E-state index in [1.54, 1.807) is 30.3 Å². The van der Waals surface area contributed by atoms with E-state index < -0.39 is 15.9 Å². The first-order chi connectivity index (χ1) is 15.6. The number of nitriles is 1. The molecule has 2 heterocycles. The van der Waals surface area contributed by atoms with E-state index in [1.807, 2.05) is 26.0 Å². The van der Waals surface area contributed by atoms with Crippen molar-refractivity contribution in [3.8, 4) is 6.07 Å². The summed E-state index contributed by atoms with van der Waals surface area (Å²) in [6.45, 7) is 10.5. The first-order valence-corrected chi connectivity index (χ1v) is 12.7. The molecule has 0 spiro atoms. The van der Waals surface area contributed by atoms with Gasteiger partial charge in [-0.05, 0) is 68.0 Å². The molecule has 0 saturated carbocycles. The maximum atomic E-state index is 12.6. The lowest BCUT2D eigenvalue weighted by Gasteiger charge is -2.15. The van der Waals surface area contributed by atoms with Gasteiger partial charge in [0.1, 0.15) is 11.6 Å². The molecule has 0 radical (unpaired) electrons. The highest BCUT2D eigenvalue weighted by molar-refractivity contribution is 7.89. The monoisotopic (exact) mass is 468 g/mol. The van der Waals surface area contributed by atoms with Crippen LogP contribution in [0.25, 0.3) is 6.08 Å². The van der Waals surface area contributed by atoms with Crippen molar-refractivity contribution in [3.63, 3.8) is 0 Å². The molecule has 1 N–H and O–H groups in total. The molecule has 176 valence electrons. The normalized spacial score (nSPS) is 15.1. The van der Waals surface area contributed by atoms with Crippen molar-refractivity contribution in [2.75, 3.05) is 13.1 Å². The number of aromatic nitrogens is 1. The van der Waals surface area contributed by atoms with Gasteiger partial charge < -0.3 is 9.88 Å². The summed E-state index contributed by atoms with van der Waals surface area (Å²) in [6.07, 6.45) is 3.40. The summed E-state index contributed by atoms with van der Waals surface area (Å²) < 4.78 is 29.0. The van der Waals surface area contributed by atoms with Gasteiger partial charge in [-0.2, -0.15) is 9.57 Å². The third-order valence-electron chi connectivity index (χ3n) is 5.90. The molecule has 2 aromatic rings. The molecule has 0 unspecified atom stereocenters. The number of benzene rings is 1. The maximum Gasteiger partial charge on any atom is 0.262 e. The van der Waals surface area contributed by atoms with Crippen molar-refractivity contribution in [2.24, 2.45) is 5.92 Å². The zero-order chi connectivity index (χ0) is 24.2. The Labute approximate surface area is 196 Å². The molecule has 0 aliphatic carbocycles. The lowest BCUT2D eigenvalue weighted by atomic mass is 10.1. The van der Waals surface area contributed by atoms with Gasteiger partial charge in [0.25, 0.3) is 5.91 Å². The molecule has 7 nitrogen and oxygen atoms in total. The highest BCUT2D eigenvalue weighted by Crippen LogP contribution is 2.22. The van der Waals surface area contributed by atoms with Crippen LogP contribution in [0.5, 0.6) is 0 Å². The van der Waals surface area contributed by atoms with Crippen LogP contribution in [-0.2, 0) is 27.9 Å². The Kier molecular flexibility index (Phi) is 7.77. The summed E-state index contributed by atoms with van der Waals surface area (Å²) >= 11 is 0. The molecule has 1 fully saturated rings. The highest BCUT2D eigenvalue weighted by Gasteiger charge is 2.26. The van der Waals surface area contributed by atoms with Gasteiger partial charge in [-0.15, -0.1) is 0 Å². The second-order valence-electron chi connectivity index (χ2n) is 8.94. The van der Waals surface area contributed by atoms with E-state index in [-0.39, 0.29) is 17.0 Å². The number of hydrogen-bond donors (Lipinski definition) is 1. The summed E-state index contributed by atoms with van der Waals surface area (Å²) in [7, 11) is -3.46. The van der Waals surface area contributed by atoms with Crippen LogP contribution in [0, 0.1) is 31.1 Å². The number of rotatable bonds is 8. The van der Waals surface area contributed by atoms with Crippen LogP contribution in [0.2, 0.25) is 0 Å². The average Bonchev–Trinajstić information content (AvgIpc) is 3.41. The summed E-state index contributed by atoms with van der Waals surface area (Å²) in [5.41, 5.74) is 3.77. The number of amides is 1. The summed E-state index contributed by atoms with van der Waals surface area (Å²) in [5, 5.41) is 12.3. The minimum atomic E-state index is -3.46. The minimum Gasteiger partial charge on any atom is -0.348 e. The first-order valence-electron chi connectivity index (χ1n) is 11.3. The summed E-state index contributed by atoms with van der Waals surface area (Å²) in [5.74, 6) is 0.0296. The molecule has 1 amide bonds. The van der Waals surface area contributed by atoms with Crippen LogP contribution in [0.3, 0.4) is 0 Å². The Hall–Kier alpha value is -2.89. The molecule has 33 heavy (non-hydrogen) atoms. The van der Waals surface area contributed by atoms with Gasteiger partial charge in [0.2, 0.25) is 10.0 Å². The van der Waals surface area contributed by atoms with Crippen LogP contribution >= 0.6 is 0 Å². The molecule has 1 aliphatic heterocycles. The fourth-order valence-corrected chi connectivity index (χ4v) is 5.58. The topological polar surface area (TPSA) is 95.2 Å². The maximum absolute atomic E-state index is 12.6. The Morgan fingerprint density at radius 2 is 1.82 bits per heavy atom. The van der Waals surface area contributed by atoms with Gasteiger partial charge >= 0.3 is 0 Å².